The molecule has 1 aromatic heterocycles. The smallest absolute Gasteiger partial charge is 0.103 e. The van der Waals surface area contributed by atoms with Gasteiger partial charge in [-0.05, 0) is 86.3 Å². The van der Waals surface area contributed by atoms with E-state index >= 15 is 0 Å². The van der Waals surface area contributed by atoms with Gasteiger partial charge in [-0.15, -0.1) is 0 Å². The van der Waals surface area contributed by atoms with E-state index in [-0.39, 0.29) is 17.1 Å². The number of aliphatic hydroxyl groups excluding tert-OH is 1. The third-order valence-electron chi connectivity index (χ3n) is 9.92. The van der Waals surface area contributed by atoms with Gasteiger partial charge in [0.05, 0.1) is 17.9 Å². The molecule has 0 radical (unpaired) electrons. The molecule has 2 heterocycles. The van der Waals surface area contributed by atoms with E-state index in [0.717, 1.165) is 42.7 Å². The fourth-order valence-corrected chi connectivity index (χ4v) is 8.38. The molecule has 3 heteroatoms. The highest BCUT2D eigenvalue weighted by Crippen LogP contribution is 2.73. The van der Waals surface area contributed by atoms with Crippen molar-refractivity contribution in [2.24, 2.45) is 28.6 Å². The number of nitrogens with zero attached hydrogens (tertiary/aromatic N) is 1. The Morgan fingerprint density at radius 1 is 1.14 bits per heavy atom. The average Bonchev–Trinajstić information content (AvgIpc) is 3.28. The average molecular weight is 380 g/mol. The van der Waals surface area contributed by atoms with Crippen LogP contribution < -0.4 is 0 Å². The van der Waals surface area contributed by atoms with Gasteiger partial charge in [0.15, 0.2) is 0 Å². The van der Waals surface area contributed by atoms with Crippen molar-refractivity contribution < 1.29 is 9.84 Å². The summed E-state index contributed by atoms with van der Waals surface area (Å²) in [5.74, 6) is 2.34. The zero-order chi connectivity index (χ0) is 19.1. The number of aromatic nitrogens is 1. The second-order valence-corrected chi connectivity index (χ2v) is 10.8. The lowest BCUT2D eigenvalue weighted by Gasteiger charge is -2.58. The first kappa shape index (κ1) is 17.7. The molecule has 1 aliphatic heterocycles. The summed E-state index contributed by atoms with van der Waals surface area (Å²) in [6.45, 7) is 5.05. The Bertz CT molecular complexity index is 821. The summed E-state index contributed by atoms with van der Waals surface area (Å²) in [6, 6.07) is 6.23. The van der Waals surface area contributed by atoms with Crippen LogP contribution in [0.25, 0.3) is 6.08 Å². The van der Waals surface area contributed by atoms with Gasteiger partial charge in [-0.2, -0.15) is 0 Å². The lowest BCUT2D eigenvalue weighted by Crippen LogP contribution is -2.58. The maximum atomic E-state index is 10.3. The number of ether oxygens (including phenoxy) is 1. The van der Waals surface area contributed by atoms with Crippen molar-refractivity contribution in [2.45, 2.75) is 83.0 Å². The maximum Gasteiger partial charge on any atom is 0.103 e. The summed E-state index contributed by atoms with van der Waals surface area (Å²) >= 11 is 0. The Hall–Kier alpha value is -1.19. The molecule has 4 saturated carbocycles. The van der Waals surface area contributed by atoms with Crippen molar-refractivity contribution >= 4 is 6.08 Å². The van der Waals surface area contributed by atoms with Crippen LogP contribution in [0.4, 0.5) is 0 Å². The first-order valence-corrected chi connectivity index (χ1v) is 11.4. The fourth-order valence-electron chi connectivity index (χ4n) is 8.38. The Morgan fingerprint density at radius 2 is 2.04 bits per heavy atom. The second kappa shape index (κ2) is 5.70. The molecule has 1 N–H and O–H groups in total. The molecule has 150 valence electrons. The number of aliphatic hydroxyl groups is 1. The number of rotatable bonds is 1. The molecule has 0 bridgehead atoms. The molecule has 4 aliphatic carbocycles. The van der Waals surface area contributed by atoms with Crippen LogP contribution in [0.3, 0.4) is 0 Å². The van der Waals surface area contributed by atoms with Crippen LogP contribution in [-0.4, -0.2) is 27.9 Å². The highest BCUT2D eigenvalue weighted by Gasteiger charge is 2.75. The lowest BCUT2D eigenvalue weighted by molar-refractivity contribution is -0.103. The molecule has 6 rings (SSSR count). The van der Waals surface area contributed by atoms with E-state index in [0.29, 0.717) is 11.5 Å². The number of pyridine rings is 1. The van der Waals surface area contributed by atoms with Gasteiger partial charge in [0.25, 0.3) is 0 Å². The third-order valence-corrected chi connectivity index (χ3v) is 9.92. The molecule has 0 aromatic carbocycles. The van der Waals surface area contributed by atoms with Crippen molar-refractivity contribution in [1.29, 1.82) is 0 Å². The van der Waals surface area contributed by atoms with Gasteiger partial charge in [0.2, 0.25) is 0 Å². The Morgan fingerprint density at radius 3 is 2.86 bits per heavy atom. The Balaban J connectivity index is 1.33. The zero-order valence-corrected chi connectivity index (χ0v) is 17.2. The summed E-state index contributed by atoms with van der Waals surface area (Å²) in [7, 11) is 0. The molecular formula is C25H33NO2. The predicted octanol–water partition coefficient (Wildman–Crippen LogP) is 5.00. The summed E-state index contributed by atoms with van der Waals surface area (Å²) in [5, 5.41) is 10.3. The van der Waals surface area contributed by atoms with Crippen molar-refractivity contribution in [3.05, 3.63) is 35.7 Å². The molecule has 5 fully saturated rings. The van der Waals surface area contributed by atoms with Crippen LogP contribution in [-0.2, 0) is 4.74 Å². The molecule has 28 heavy (non-hydrogen) atoms. The van der Waals surface area contributed by atoms with E-state index in [1.807, 2.05) is 12.3 Å². The maximum absolute atomic E-state index is 10.3. The van der Waals surface area contributed by atoms with Crippen molar-refractivity contribution in [3.8, 4) is 0 Å². The Labute approximate surface area is 168 Å². The van der Waals surface area contributed by atoms with Gasteiger partial charge < -0.3 is 9.84 Å². The normalized spacial score (nSPS) is 53.1. The van der Waals surface area contributed by atoms with Gasteiger partial charge in [-0.1, -0.05) is 25.5 Å². The molecule has 5 aliphatic rings. The standard InChI is InChI=1S/C25H33NO2/c1-23-10-9-21-19(14-22-25(28-22)15-18(27)8-11-24(21,25)2)20(23)7-6-16(23)13-17-5-3-4-12-26-17/h3-5,12-13,18-22,27H,6-11,14-15H2,1-2H3/b16-13+/t18-,19-,20-,21-,22-,23+,24+,25-/m0/s1. The summed E-state index contributed by atoms with van der Waals surface area (Å²) in [5.41, 5.74) is 3.35. The van der Waals surface area contributed by atoms with Gasteiger partial charge in [-0.25, -0.2) is 0 Å². The third kappa shape index (κ3) is 2.15. The van der Waals surface area contributed by atoms with Gasteiger partial charge in [0, 0.05) is 18.0 Å². The summed E-state index contributed by atoms with van der Waals surface area (Å²) < 4.78 is 6.45. The summed E-state index contributed by atoms with van der Waals surface area (Å²) in [6.07, 6.45) is 13.9. The molecule has 1 saturated heterocycles. The predicted molar refractivity (Wildman–Crippen MR) is 109 cm³/mol. The fraction of sp³-hybridized carbons (Fsp3) is 0.720. The van der Waals surface area contributed by atoms with Crippen LogP contribution >= 0.6 is 0 Å². The van der Waals surface area contributed by atoms with E-state index < -0.39 is 0 Å². The van der Waals surface area contributed by atoms with E-state index in [4.69, 9.17) is 4.74 Å². The zero-order valence-electron chi connectivity index (χ0n) is 17.2. The van der Waals surface area contributed by atoms with Crippen LogP contribution in [0, 0.1) is 28.6 Å². The first-order valence-electron chi connectivity index (χ1n) is 11.4. The van der Waals surface area contributed by atoms with Crippen LogP contribution in [0.15, 0.2) is 30.0 Å². The second-order valence-electron chi connectivity index (χ2n) is 10.8. The van der Waals surface area contributed by atoms with E-state index in [2.05, 4.69) is 37.0 Å². The SMILES string of the molecule is C[C@]12CC[C@H]3[C@@H](C[C@@H]4O[C@@]45C[C@@H](O)CC[C@]35C)[C@@H]1CC/C2=C\c1ccccn1. The quantitative estimate of drug-likeness (QED) is 0.699. The molecule has 1 aromatic rings. The molecular weight excluding hydrogens is 346 g/mol. The van der Waals surface area contributed by atoms with Crippen LogP contribution in [0.1, 0.15) is 70.9 Å². The minimum absolute atomic E-state index is 0.00477. The van der Waals surface area contributed by atoms with Gasteiger partial charge in [0.1, 0.15) is 5.60 Å². The number of hydrogen-bond acceptors (Lipinski definition) is 3. The Kier molecular flexibility index (Phi) is 3.59. The molecule has 8 atom stereocenters. The van der Waals surface area contributed by atoms with Gasteiger partial charge >= 0.3 is 0 Å². The van der Waals surface area contributed by atoms with E-state index in [9.17, 15) is 5.11 Å². The lowest BCUT2D eigenvalue weighted by atomic mass is 9.45. The number of fused-ring (bicyclic) bond motifs is 4. The topological polar surface area (TPSA) is 45.6 Å². The number of hydrogen-bond donors (Lipinski definition) is 1. The molecule has 3 nitrogen and oxygen atoms in total. The largest absolute Gasteiger partial charge is 0.393 e. The number of epoxide rings is 1. The minimum Gasteiger partial charge on any atom is -0.393 e. The van der Waals surface area contributed by atoms with Crippen molar-refractivity contribution in [1.82, 2.24) is 4.98 Å². The van der Waals surface area contributed by atoms with Crippen molar-refractivity contribution in [3.63, 3.8) is 0 Å². The van der Waals surface area contributed by atoms with E-state index in [1.54, 1.807) is 5.57 Å². The molecule has 0 unspecified atom stereocenters. The number of allylic oxidation sites excluding steroid dienone is 1. The molecule has 1 spiro atoms. The first-order chi connectivity index (χ1) is 13.5. The highest BCUT2D eigenvalue weighted by molar-refractivity contribution is 5.52. The van der Waals surface area contributed by atoms with Crippen molar-refractivity contribution in [2.75, 3.05) is 0 Å². The monoisotopic (exact) mass is 379 g/mol. The van der Waals surface area contributed by atoms with Crippen LogP contribution in [0.5, 0.6) is 0 Å². The summed E-state index contributed by atoms with van der Waals surface area (Å²) in [4.78, 5) is 4.56. The van der Waals surface area contributed by atoms with Gasteiger partial charge in [-0.3, -0.25) is 4.98 Å². The highest BCUT2D eigenvalue weighted by atomic mass is 16.6. The van der Waals surface area contributed by atoms with E-state index in [1.165, 1.54) is 32.1 Å². The molecule has 0 amide bonds. The minimum atomic E-state index is -0.150. The van der Waals surface area contributed by atoms with Crippen LogP contribution in [0.2, 0.25) is 0 Å².